The first-order valence-corrected chi connectivity index (χ1v) is 22.0. The van der Waals surface area contributed by atoms with Gasteiger partial charge in [0.15, 0.2) is 6.23 Å². The van der Waals surface area contributed by atoms with Gasteiger partial charge in [-0.25, -0.2) is 9.46 Å². The summed E-state index contributed by atoms with van der Waals surface area (Å²) in [7, 11) is 1.57. The summed E-state index contributed by atoms with van der Waals surface area (Å²) in [5, 5.41) is 11.8. The van der Waals surface area contributed by atoms with Crippen LogP contribution in [0.5, 0.6) is 11.5 Å². The fourth-order valence-corrected chi connectivity index (χ4v) is 10.4. The molecule has 0 bridgehead atoms. The lowest BCUT2D eigenvalue weighted by Crippen LogP contribution is -2.42. The van der Waals surface area contributed by atoms with Crippen LogP contribution in [0.15, 0.2) is 126 Å². The van der Waals surface area contributed by atoms with Crippen molar-refractivity contribution >= 4 is 20.3 Å². The first-order chi connectivity index (χ1) is 30.8. The first-order valence-electron chi connectivity index (χ1n) is 20.8. The molecule has 4 heterocycles. The van der Waals surface area contributed by atoms with Crippen molar-refractivity contribution in [1.29, 1.82) is 5.26 Å². The van der Waals surface area contributed by atoms with Gasteiger partial charge in [0, 0.05) is 25.7 Å². The van der Waals surface area contributed by atoms with E-state index in [-0.39, 0.29) is 50.3 Å². The third-order valence-corrected chi connectivity index (χ3v) is 13.2. The molecule has 328 valence electrons. The van der Waals surface area contributed by atoms with Crippen LogP contribution in [0, 0.1) is 11.3 Å². The van der Waals surface area contributed by atoms with E-state index in [1.165, 1.54) is 23.8 Å². The second kappa shape index (κ2) is 20.3. The minimum atomic E-state index is -1.67. The van der Waals surface area contributed by atoms with E-state index < -0.39 is 44.4 Å². The zero-order valence-electron chi connectivity index (χ0n) is 35.3. The number of carbonyl (C=O) groups excluding carboxylic acids is 1. The highest BCUT2D eigenvalue weighted by Gasteiger charge is 2.54. The van der Waals surface area contributed by atoms with Gasteiger partial charge >= 0.3 is 5.69 Å². The summed E-state index contributed by atoms with van der Waals surface area (Å²) in [6, 6.07) is 39.2. The molecule has 8 rings (SSSR count). The van der Waals surface area contributed by atoms with Gasteiger partial charge in [-0.15, -0.1) is 0 Å². The number of methoxy groups -OCH3 is 2. The Bertz CT molecular complexity index is 2340. The molecule has 5 aromatic rings. The minimum Gasteiger partial charge on any atom is -0.497 e. The summed E-state index contributed by atoms with van der Waals surface area (Å²) < 4.78 is 55.2. The van der Waals surface area contributed by atoms with Crippen molar-refractivity contribution < 1.29 is 42.3 Å². The van der Waals surface area contributed by atoms with Gasteiger partial charge in [-0.2, -0.15) is 10.2 Å². The number of fused-ring (bicyclic) bond motifs is 1. The number of ether oxygens (including phenoxy) is 6. The van der Waals surface area contributed by atoms with E-state index in [0.29, 0.717) is 11.5 Å². The van der Waals surface area contributed by atoms with Crippen molar-refractivity contribution in [2.75, 3.05) is 46.1 Å². The van der Waals surface area contributed by atoms with Gasteiger partial charge in [0.1, 0.15) is 54.1 Å². The number of hydrogen-bond donors (Lipinski definition) is 1. The molecule has 4 aromatic carbocycles. The monoisotopic (exact) mass is 875 g/mol. The molecule has 1 aromatic heterocycles. The van der Waals surface area contributed by atoms with Gasteiger partial charge in [-0.3, -0.25) is 9.36 Å². The third kappa shape index (κ3) is 9.55. The number of carbonyl (C=O) groups is 1. The third-order valence-electron chi connectivity index (χ3n) is 11.4. The molecule has 0 radical (unpaired) electrons. The van der Waals surface area contributed by atoms with Crippen molar-refractivity contribution in [3.8, 4) is 17.6 Å². The summed E-state index contributed by atoms with van der Waals surface area (Å²) in [5.74, 6) is 1.08. The Morgan fingerprint density at radius 2 is 1.56 bits per heavy atom. The Morgan fingerprint density at radius 1 is 0.905 bits per heavy atom. The van der Waals surface area contributed by atoms with Gasteiger partial charge in [0.05, 0.1) is 39.9 Å². The first kappa shape index (κ1) is 44.1. The van der Waals surface area contributed by atoms with Crippen LogP contribution in [0.25, 0.3) is 0 Å². The average molecular weight is 876 g/mol. The van der Waals surface area contributed by atoms with E-state index in [1.54, 1.807) is 14.2 Å². The number of nitrogens with zero attached hydrogens (tertiary/aromatic N) is 4. The van der Waals surface area contributed by atoms with E-state index in [0.717, 1.165) is 41.6 Å². The molecule has 0 spiro atoms. The zero-order chi connectivity index (χ0) is 43.8. The van der Waals surface area contributed by atoms with E-state index in [4.69, 9.17) is 37.5 Å². The highest BCUT2D eigenvalue weighted by molar-refractivity contribution is 7.45. The molecule has 1 unspecified atom stereocenters. The van der Waals surface area contributed by atoms with Crippen LogP contribution in [0.1, 0.15) is 60.8 Å². The van der Waals surface area contributed by atoms with Crippen molar-refractivity contribution in [1.82, 2.24) is 14.2 Å². The minimum absolute atomic E-state index is 0.0653. The molecule has 1 amide bonds. The standard InChI is InChI=1S/C47H50N5O10P/c1-32(53)49-41-25-28-51(46(54)50-41)45-44(58-31-57-29-11-26-48)43(62-63-52-27-10-16-39(52)42(61-63)33-12-6-4-7-13-33)40(60-45)30-59-47(34-14-8-5-9-15-34,35-17-21-37(55-2)22-18-35)36-19-23-38(56-3)24-20-36/h4-9,12-15,17-25,28,39-40,42-45H,10-11,16,27,29-31H2,1-3H3,(H,49,50,53,54)/t39-,40-,42+,43-,44-,45-,63?/m1/s1. The van der Waals surface area contributed by atoms with Crippen LogP contribution in [-0.4, -0.2) is 85.3 Å². The number of hydrogen-bond acceptors (Lipinski definition) is 13. The van der Waals surface area contributed by atoms with Crippen molar-refractivity contribution in [3.05, 3.63) is 154 Å². The highest BCUT2D eigenvalue weighted by atomic mass is 31.2. The van der Waals surface area contributed by atoms with E-state index >= 15 is 0 Å². The van der Waals surface area contributed by atoms with Crippen LogP contribution < -0.4 is 20.5 Å². The normalized spacial score (nSPS) is 23.2. The maximum Gasteiger partial charge on any atom is 0.351 e. The van der Waals surface area contributed by atoms with Gasteiger partial charge < -0.3 is 42.8 Å². The fourth-order valence-electron chi connectivity index (χ4n) is 8.44. The number of amides is 1. The van der Waals surface area contributed by atoms with Gasteiger partial charge in [0.25, 0.3) is 8.53 Å². The van der Waals surface area contributed by atoms with Gasteiger partial charge in [-0.05, 0) is 65.4 Å². The Balaban J connectivity index is 1.21. The molecule has 16 heteroatoms. The lowest BCUT2D eigenvalue weighted by Gasteiger charge is -2.37. The number of nitrogens with one attached hydrogen (secondary N) is 1. The van der Waals surface area contributed by atoms with E-state index in [2.05, 4.69) is 33.2 Å². The molecule has 7 atom stereocenters. The average Bonchev–Trinajstić information content (AvgIpc) is 4.03. The SMILES string of the molecule is COc1ccc(C(OC[C@H]2O[C@@H](n3ccc(NC(C)=O)nc3=O)[C@H](OCOCCC#N)[C@@H]2OP2O[C@@H](c3ccccc3)[C@H]3CCCN32)(c2ccccc2)c2ccc(OC)cc2)cc1. The summed E-state index contributed by atoms with van der Waals surface area (Å²) >= 11 is 0. The summed E-state index contributed by atoms with van der Waals surface area (Å²) in [6.45, 7) is 1.96. The molecule has 3 aliphatic rings. The molecule has 15 nitrogen and oxygen atoms in total. The maximum atomic E-state index is 13.8. The zero-order valence-corrected chi connectivity index (χ0v) is 36.2. The Kier molecular flexibility index (Phi) is 14.2. The Morgan fingerprint density at radius 3 is 2.17 bits per heavy atom. The topological polar surface area (TPSA) is 165 Å². The van der Waals surface area contributed by atoms with Gasteiger partial charge in [0.2, 0.25) is 5.91 Å². The molecule has 1 N–H and O–H groups in total. The number of aromatic nitrogens is 2. The van der Waals surface area contributed by atoms with Crippen LogP contribution in [0.4, 0.5) is 5.82 Å². The molecule has 63 heavy (non-hydrogen) atoms. The van der Waals surface area contributed by atoms with Gasteiger partial charge in [-0.1, -0.05) is 84.9 Å². The number of benzene rings is 4. The second-order valence-electron chi connectivity index (χ2n) is 15.2. The van der Waals surface area contributed by atoms with Crippen molar-refractivity contribution in [2.24, 2.45) is 0 Å². The fraction of sp³-hybridized carbons (Fsp3) is 0.362. The molecule has 3 fully saturated rings. The van der Waals surface area contributed by atoms with E-state index in [9.17, 15) is 14.9 Å². The molecule has 3 aliphatic heterocycles. The number of anilines is 1. The van der Waals surface area contributed by atoms with Crippen molar-refractivity contribution in [2.45, 2.75) is 68.5 Å². The lowest BCUT2D eigenvalue weighted by molar-refractivity contribution is -0.137. The summed E-state index contributed by atoms with van der Waals surface area (Å²) in [4.78, 5) is 29.8. The Hall–Kier alpha value is -5.53. The maximum absolute atomic E-state index is 13.8. The molecular formula is C47H50N5O10P. The van der Waals surface area contributed by atoms with Crippen molar-refractivity contribution in [3.63, 3.8) is 0 Å². The predicted molar refractivity (Wildman–Crippen MR) is 233 cm³/mol. The molecular weight excluding hydrogens is 826 g/mol. The van der Waals surface area contributed by atoms with Crippen LogP contribution in [0.2, 0.25) is 0 Å². The summed E-state index contributed by atoms with van der Waals surface area (Å²) in [6.07, 6.45) is -0.466. The second-order valence-corrected chi connectivity index (χ2v) is 16.7. The highest BCUT2D eigenvalue weighted by Crippen LogP contribution is 2.62. The summed E-state index contributed by atoms with van der Waals surface area (Å²) in [5.41, 5.74) is 1.63. The molecule has 3 saturated heterocycles. The van der Waals surface area contributed by atoms with Crippen LogP contribution in [0.3, 0.4) is 0 Å². The Labute approximate surface area is 367 Å². The largest absolute Gasteiger partial charge is 0.497 e. The van der Waals surface area contributed by atoms with Crippen LogP contribution >= 0.6 is 8.53 Å². The molecule has 0 aliphatic carbocycles. The quantitative estimate of drug-likeness (QED) is 0.0406. The van der Waals surface area contributed by atoms with E-state index in [1.807, 2.05) is 97.1 Å². The number of rotatable bonds is 18. The smallest absolute Gasteiger partial charge is 0.351 e. The van der Waals surface area contributed by atoms with Crippen LogP contribution in [-0.2, 0) is 38.4 Å². The lowest BCUT2D eigenvalue weighted by atomic mass is 9.80. The number of nitriles is 1. The molecule has 0 saturated carbocycles. The predicted octanol–water partition coefficient (Wildman–Crippen LogP) is 7.25.